The normalized spacial score (nSPS) is 11.8. The molecule has 0 bridgehead atoms. The lowest BCUT2D eigenvalue weighted by Gasteiger charge is -2.10. The van der Waals surface area contributed by atoms with Crippen LogP contribution in [0.2, 0.25) is 0 Å². The van der Waals surface area contributed by atoms with Crippen LogP contribution in [0.4, 0.5) is 17.6 Å². The first-order valence-corrected chi connectivity index (χ1v) is 8.40. The lowest BCUT2D eigenvalue weighted by molar-refractivity contribution is -0.154. The zero-order chi connectivity index (χ0) is 21.2. The van der Waals surface area contributed by atoms with Crippen LogP contribution in [-0.2, 0) is 6.54 Å². The number of ether oxygens (including phenoxy) is 1. The first kappa shape index (κ1) is 23.3. The number of alkyl halides is 3. The number of hydrogen-bond acceptors (Lipinski definition) is 5. The number of nitrogens with two attached hydrogens (primary N) is 1. The molecule has 6 nitrogen and oxygen atoms in total. The van der Waals surface area contributed by atoms with Gasteiger partial charge in [-0.15, -0.1) is 0 Å². The van der Waals surface area contributed by atoms with Crippen molar-refractivity contribution >= 4 is 5.91 Å². The summed E-state index contributed by atoms with van der Waals surface area (Å²) in [6, 6.07) is 4.34. The van der Waals surface area contributed by atoms with Gasteiger partial charge in [-0.3, -0.25) is 9.78 Å². The van der Waals surface area contributed by atoms with E-state index in [1.807, 2.05) is 6.92 Å². The highest BCUT2D eigenvalue weighted by Crippen LogP contribution is 2.19. The molecule has 2 aromatic heterocycles. The van der Waals surface area contributed by atoms with Crippen LogP contribution in [-0.4, -0.2) is 34.7 Å². The molecule has 0 saturated heterocycles. The van der Waals surface area contributed by atoms with E-state index in [4.69, 9.17) is 5.73 Å². The number of halogens is 4. The molecule has 0 aliphatic heterocycles. The van der Waals surface area contributed by atoms with Gasteiger partial charge in [0.15, 0.2) is 12.4 Å². The number of pyridine rings is 2. The zero-order valence-corrected chi connectivity index (χ0v) is 15.5. The number of nitrogens with one attached hydrogen (secondary N) is 1. The van der Waals surface area contributed by atoms with Crippen LogP contribution in [0.3, 0.4) is 0 Å². The fourth-order valence-corrected chi connectivity index (χ4v) is 1.61. The summed E-state index contributed by atoms with van der Waals surface area (Å²) in [7, 11) is 0. The van der Waals surface area contributed by atoms with E-state index in [0.717, 1.165) is 18.7 Å². The van der Waals surface area contributed by atoms with E-state index in [0.29, 0.717) is 11.6 Å². The molecular formula is C18H22F4N4O2. The van der Waals surface area contributed by atoms with Gasteiger partial charge in [-0.1, -0.05) is 6.92 Å². The molecule has 2 aromatic rings. The summed E-state index contributed by atoms with van der Waals surface area (Å²) in [6.07, 6.45) is 0.527. The molecule has 0 aliphatic carbocycles. The fourth-order valence-electron chi connectivity index (χ4n) is 1.61. The highest BCUT2D eigenvalue weighted by molar-refractivity contribution is 5.93. The predicted octanol–water partition coefficient (Wildman–Crippen LogP) is 3.23. The van der Waals surface area contributed by atoms with Crippen molar-refractivity contribution in [3.8, 4) is 5.88 Å². The monoisotopic (exact) mass is 402 g/mol. The van der Waals surface area contributed by atoms with Crippen molar-refractivity contribution in [3.05, 3.63) is 53.7 Å². The Bertz CT molecular complexity index is 740. The van der Waals surface area contributed by atoms with Crippen LogP contribution in [0.5, 0.6) is 5.88 Å². The Morgan fingerprint density at radius 3 is 2.43 bits per heavy atom. The summed E-state index contributed by atoms with van der Waals surface area (Å²) in [5, 5.41) is 2.52. The van der Waals surface area contributed by atoms with Crippen molar-refractivity contribution in [3.63, 3.8) is 0 Å². The Balaban J connectivity index is 0.000000696. The van der Waals surface area contributed by atoms with Gasteiger partial charge < -0.3 is 15.8 Å². The van der Waals surface area contributed by atoms with E-state index in [9.17, 15) is 22.4 Å². The molecule has 1 atom stereocenters. The maximum Gasteiger partial charge on any atom is 0.422 e. The smallest absolute Gasteiger partial charge is 0.422 e. The van der Waals surface area contributed by atoms with Gasteiger partial charge >= 0.3 is 6.18 Å². The summed E-state index contributed by atoms with van der Waals surface area (Å²) >= 11 is 0. The molecule has 10 heteroatoms. The number of aromatic nitrogens is 2. The number of carbonyl (C=O) groups is 1. The highest BCUT2D eigenvalue weighted by Gasteiger charge is 2.29. The van der Waals surface area contributed by atoms with E-state index in [1.54, 1.807) is 0 Å². The third kappa shape index (κ3) is 9.26. The van der Waals surface area contributed by atoms with E-state index < -0.39 is 30.4 Å². The Hall–Kier alpha value is -2.75. The summed E-state index contributed by atoms with van der Waals surface area (Å²) in [5.41, 5.74) is 5.95. The molecule has 154 valence electrons. The molecular weight excluding hydrogens is 380 g/mol. The van der Waals surface area contributed by atoms with Gasteiger partial charge in [0.1, 0.15) is 0 Å². The third-order valence-electron chi connectivity index (χ3n) is 3.28. The highest BCUT2D eigenvalue weighted by atomic mass is 19.4. The first-order chi connectivity index (χ1) is 13.1. The minimum Gasteiger partial charge on any atom is -0.466 e. The molecule has 1 unspecified atom stereocenters. The number of amides is 1. The van der Waals surface area contributed by atoms with Gasteiger partial charge in [0.25, 0.3) is 11.8 Å². The van der Waals surface area contributed by atoms with Gasteiger partial charge in [-0.25, -0.2) is 9.37 Å². The second-order valence-corrected chi connectivity index (χ2v) is 5.84. The fraction of sp³-hybridized carbons (Fsp3) is 0.389. The van der Waals surface area contributed by atoms with Gasteiger partial charge in [-0.2, -0.15) is 13.2 Å². The van der Waals surface area contributed by atoms with Crippen molar-refractivity contribution in [1.29, 1.82) is 0 Å². The van der Waals surface area contributed by atoms with Gasteiger partial charge in [0, 0.05) is 36.7 Å². The molecule has 0 saturated carbocycles. The van der Waals surface area contributed by atoms with Crippen molar-refractivity contribution in [2.45, 2.75) is 39.0 Å². The minimum absolute atomic E-state index is 0.0371. The van der Waals surface area contributed by atoms with E-state index in [1.165, 1.54) is 24.5 Å². The molecule has 0 spiro atoms. The van der Waals surface area contributed by atoms with Crippen molar-refractivity contribution in [1.82, 2.24) is 15.3 Å². The molecule has 0 fully saturated rings. The minimum atomic E-state index is -4.58. The van der Waals surface area contributed by atoms with Crippen LogP contribution >= 0.6 is 0 Å². The van der Waals surface area contributed by atoms with Crippen molar-refractivity contribution in [2.75, 3.05) is 6.61 Å². The van der Waals surface area contributed by atoms with Gasteiger partial charge in [0.2, 0.25) is 0 Å². The topological polar surface area (TPSA) is 90.1 Å². The van der Waals surface area contributed by atoms with Crippen molar-refractivity contribution in [2.24, 2.45) is 5.73 Å². The molecule has 0 radical (unpaired) electrons. The Kier molecular flexibility index (Phi) is 9.29. The SMILES string of the molecule is CCC(C)N.O=C(NCc1cnc(OCC(F)(F)F)c(F)c1)c1ccncc1. The molecule has 2 rings (SSSR count). The second kappa shape index (κ2) is 11.2. The molecule has 0 aromatic carbocycles. The zero-order valence-electron chi connectivity index (χ0n) is 15.5. The van der Waals surface area contributed by atoms with E-state index in [2.05, 4.69) is 26.9 Å². The van der Waals surface area contributed by atoms with Gasteiger partial charge in [-0.05, 0) is 37.1 Å². The molecule has 1 amide bonds. The average Bonchev–Trinajstić information content (AvgIpc) is 2.65. The number of nitrogens with zero attached hydrogens (tertiary/aromatic N) is 2. The summed E-state index contributed by atoms with van der Waals surface area (Å²) in [6.45, 7) is 2.41. The van der Waals surface area contributed by atoms with Crippen LogP contribution < -0.4 is 15.8 Å². The predicted molar refractivity (Wildman–Crippen MR) is 95.1 cm³/mol. The lowest BCUT2D eigenvalue weighted by atomic mass is 10.2. The first-order valence-electron chi connectivity index (χ1n) is 8.40. The van der Waals surface area contributed by atoms with E-state index in [-0.39, 0.29) is 12.1 Å². The third-order valence-corrected chi connectivity index (χ3v) is 3.28. The summed E-state index contributed by atoms with van der Waals surface area (Å²) in [4.78, 5) is 19.0. The molecule has 3 N–H and O–H groups in total. The summed E-state index contributed by atoms with van der Waals surface area (Å²) < 4.78 is 53.8. The maximum atomic E-state index is 13.6. The average molecular weight is 402 g/mol. The quantitative estimate of drug-likeness (QED) is 0.724. The van der Waals surface area contributed by atoms with E-state index >= 15 is 0 Å². The molecule has 2 heterocycles. The number of rotatable bonds is 6. The Morgan fingerprint density at radius 1 is 1.32 bits per heavy atom. The van der Waals surface area contributed by atoms with Crippen LogP contribution in [0, 0.1) is 5.82 Å². The number of hydrogen-bond donors (Lipinski definition) is 2. The van der Waals surface area contributed by atoms with Crippen LogP contribution in [0.1, 0.15) is 36.2 Å². The molecule has 28 heavy (non-hydrogen) atoms. The second-order valence-electron chi connectivity index (χ2n) is 5.84. The van der Waals surface area contributed by atoms with Crippen LogP contribution in [0.25, 0.3) is 0 Å². The summed E-state index contributed by atoms with van der Waals surface area (Å²) in [5.74, 6) is -2.18. The number of carbonyl (C=O) groups excluding carboxylic acids is 1. The van der Waals surface area contributed by atoms with Crippen molar-refractivity contribution < 1.29 is 27.1 Å². The Morgan fingerprint density at radius 2 is 1.93 bits per heavy atom. The Labute approximate surface area is 160 Å². The largest absolute Gasteiger partial charge is 0.466 e. The van der Waals surface area contributed by atoms with Crippen LogP contribution in [0.15, 0.2) is 36.8 Å². The molecule has 0 aliphatic rings. The van der Waals surface area contributed by atoms with Gasteiger partial charge in [0.05, 0.1) is 0 Å². The lowest BCUT2D eigenvalue weighted by Crippen LogP contribution is -2.23. The standard InChI is InChI=1S/C14H11F4N3O2.C4H11N/c15-11-5-9(7-21-13(11)23-8-14(16,17)18)6-20-12(22)10-1-3-19-4-2-10;1-3-4(2)5/h1-5,7H,6,8H2,(H,20,22);4H,3,5H2,1-2H3. The maximum absolute atomic E-state index is 13.6.